The van der Waals surface area contributed by atoms with Gasteiger partial charge < -0.3 is 5.32 Å². The van der Waals surface area contributed by atoms with Crippen LogP contribution in [0.15, 0.2) is 30.5 Å². The van der Waals surface area contributed by atoms with Crippen LogP contribution in [0.4, 0.5) is 0 Å². The molecule has 0 radical (unpaired) electrons. The topological polar surface area (TPSA) is 28.2 Å². The van der Waals surface area contributed by atoms with E-state index in [0.717, 1.165) is 34.9 Å². The number of aromatic nitrogens is 1. The van der Waals surface area contributed by atoms with Crippen molar-refractivity contribution >= 4 is 34.9 Å². The highest BCUT2D eigenvalue weighted by Crippen LogP contribution is 2.26. The van der Waals surface area contributed by atoms with Gasteiger partial charge in [-0.05, 0) is 75.6 Å². The van der Waals surface area contributed by atoms with Crippen molar-refractivity contribution in [3.8, 4) is 0 Å². The SMILES string of the molecule is CNCCC1CCN(Cc2cc(Cl)cc3cccnc23)CC1.Cl. The van der Waals surface area contributed by atoms with Gasteiger partial charge in [0.1, 0.15) is 0 Å². The fourth-order valence-electron chi connectivity index (χ4n) is 3.37. The number of likely N-dealkylation sites (tertiary alicyclic amines) is 1. The van der Waals surface area contributed by atoms with Crippen molar-refractivity contribution in [3.63, 3.8) is 0 Å². The average molecular weight is 354 g/mol. The number of fused-ring (bicyclic) bond motifs is 1. The van der Waals surface area contributed by atoms with Gasteiger partial charge in [0.25, 0.3) is 0 Å². The molecular formula is C18H25Cl2N3. The minimum Gasteiger partial charge on any atom is -0.320 e. The van der Waals surface area contributed by atoms with Gasteiger partial charge in [0.15, 0.2) is 0 Å². The van der Waals surface area contributed by atoms with Crippen LogP contribution in [-0.4, -0.2) is 36.6 Å². The number of hydrogen-bond acceptors (Lipinski definition) is 3. The highest BCUT2D eigenvalue weighted by atomic mass is 35.5. The quantitative estimate of drug-likeness (QED) is 0.875. The number of benzene rings is 1. The summed E-state index contributed by atoms with van der Waals surface area (Å²) in [6.45, 7) is 4.44. The number of rotatable bonds is 5. The van der Waals surface area contributed by atoms with Crippen molar-refractivity contribution in [1.82, 2.24) is 15.2 Å². The molecule has 3 nitrogen and oxygen atoms in total. The molecule has 0 unspecified atom stereocenters. The van der Waals surface area contributed by atoms with Crippen LogP contribution >= 0.6 is 24.0 Å². The van der Waals surface area contributed by atoms with Crippen LogP contribution in [0.25, 0.3) is 10.9 Å². The largest absolute Gasteiger partial charge is 0.320 e. The van der Waals surface area contributed by atoms with Gasteiger partial charge in [-0.3, -0.25) is 9.88 Å². The monoisotopic (exact) mass is 353 g/mol. The minimum absolute atomic E-state index is 0. The Kier molecular flexibility index (Phi) is 7.09. The smallest absolute Gasteiger partial charge is 0.0747 e. The summed E-state index contributed by atoms with van der Waals surface area (Å²) in [4.78, 5) is 7.09. The summed E-state index contributed by atoms with van der Waals surface area (Å²) in [5.41, 5.74) is 2.33. The zero-order chi connectivity index (χ0) is 15.4. The Balaban J connectivity index is 0.00000192. The summed E-state index contributed by atoms with van der Waals surface area (Å²) in [5, 5.41) is 5.19. The first-order chi connectivity index (χ1) is 10.8. The third-order valence-electron chi connectivity index (χ3n) is 4.65. The lowest BCUT2D eigenvalue weighted by molar-refractivity contribution is 0.173. The molecule has 0 aliphatic carbocycles. The Morgan fingerprint density at radius 2 is 2.09 bits per heavy atom. The van der Waals surface area contributed by atoms with Crippen LogP contribution in [0.3, 0.4) is 0 Å². The van der Waals surface area contributed by atoms with E-state index in [0.29, 0.717) is 0 Å². The molecule has 2 heterocycles. The van der Waals surface area contributed by atoms with Crippen molar-refractivity contribution in [2.24, 2.45) is 5.92 Å². The van der Waals surface area contributed by atoms with E-state index in [1.54, 1.807) is 0 Å². The van der Waals surface area contributed by atoms with E-state index in [1.807, 2.05) is 25.4 Å². The molecule has 1 aliphatic heterocycles. The van der Waals surface area contributed by atoms with E-state index in [1.165, 1.54) is 37.9 Å². The molecule has 2 aromatic rings. The van der Waals surface area contributed by atoms with Gasteiger partial charge in [0.05, 0.1) is 5.52 Å². The number of nitrogens with one attached hydrogen (secondary N) is 1. The fourth-order valence-corrected chi connectivity index (χ4v) is 3.62. The van der Waals surface area contributed by atoms with Crippen molar-refractivity contribution in [3.05, 3.63) is 41.0 Å². The molecule has 5 heteroatoms. The Morgan fingerprint density at radius 3 is 2.83 bits per heavy atom. The van der Waals surface area contributed by atoms with E-state index in [4.69, 9.17) is 11.6 Å². The van der Waals surface area contributed by atoms with E-state index in [2.05, 4.69) is 27.3 Å². The van der Waals surface area contributed by atoms with E-state index in [-0.39, 0.29) is 12.4 Å². The van der Waals surface area contributed by atoms with Crippen molar-refractivity contribution in [2.75, 3.05) is 26.7 Å². The molecule has 1 N–H and O–H groups in total. The Labute approximate surface area is 149 Å². The lowest BCUT2D eigenvalue weighted by Crippen LogP contribution is -2.34. The lowest BCUT2D eigenvalue weighted by Gasteiger charge is -2.32. The van der Waals surface area contributed by atoms with Crippen molar-refractivity contribution in [1.29, 1.82) is 0 Å². The van der Waals surface area contributed by atoms with E-state index >= 15 is 0 Å². The maximum absolute atomic E-state index is 6.27. The molecule has 0 saturated carbocycles. The zero-order valence-electron chi connectivity index (χ0n) is 13.6. The standard InChI is InChI=1S/C18H24ClN3.ClH/c1-20-8-4-14-5-9-22(10-6-14)13-16-12-17(19)11-15-3-2-7-21-18(15)16;/h2-3,7,11-12,14,20H,4-6,8-10,13H2,1H3;1H. The molecule has 23 heavy (non-hydrogen) atoms. The maximum Gasteiger partial charge on any atom is 0.0747 e. The maximum atomic E-state index is 6.27. The number of piperidine rings is 1. The second-order valence-electron chi connectivity index (χ2n) is 6.25. The molecule has 1 saturated heterocycles. The number of hydrogen-bond donors (Lipinski definition) is 1. The Hall–Kier alpha value is -0.870. The molecule has 1 aromatic heterocycles. The predicted octanol–water partition coefficient (Wildman–Crippen LogP) is 4.13. The predicted molar refractivity (Wildman–Crippen MR) is 101 cm³/mol. The summed E-state index contributed by atoms with van der Waals surface area (Å²) in [6, 6.07) is 8.12. The van der Waals surface area contributed by atoms with E-state index in [9.17, 15) is 0 Å². The third-order valence-corrected chi connectivity index (χ3v) is 4.87. The summed E-state index contributed by atoms with van der Waals surface area (Å²) in [6.07, 6.45) is 5.76. The van der Waals surface area contributed by atoms with Gasteiger partial charge in [-0.15, -0.1) is 12.4 Å². The average Bonchev–Trinajstić information content (AvgIpc) is 2.54. The molecule has 1 aliphatic rings. The lowest BCUT2D eigenvalue weighted by atomic mass is 9.93. The number of nitrogens with zero attached hydrogens (tertiary/aromatic N) is 2. The first kappa shape index (κ1) is 18.5. The van der Waals surface area contributed by atoms with Gasteiger partial charge in [-0.1, -0.05) is 17.7 Å². The third kappa shape index (κ3) is 4.80. The minimum atomic E-state index is 0. The summed E-state index contributed by atoms with van der Waals surface area (Å²) in [7, 11) is 2.03. The van der Waals surface area contributed by atoms with Crippen LogP contribution < -0.4 is 5.32 Å². The molecule has 3 rings (SSSR count). The van der Waals surface area contributed by atoms with Gasteiger partial charge in [-0.2, -0.15) is 0 Å². The summed E-state index contributed by atoms with van der Waals surface area (Å²) in [5.74, 6) is 0.873. The van der Waals surface area contributed by atoms with Crippen LogP contribution in [0.2, 0.25) is 5.02 Å². The Morgan fingerprint density at radius 1 is 1.30 bits per heavy atom. The van der Waals surface area contributed by atoms with Gasteiger partial charge in [0.2, 0.25) is 0 Å². The van der Waals surface area contributed by atoms with Gasteiger partial charge in [0, 0.05) is 23.2 Å². The first-order valence-electron chi connectivity index (χ1n) is 8.16. The normalized spacial score (nSPS) is 16.4. The summed E-state index contributed by atoms with van der Waals surface area (Å²) >= 11 is 6.27. The van der Waals surface area contributed by atoms with Crippen LogP contribution in [-0.2, 0) is 6.54 Å². The second kappa shape index (κ2) is 8.84. The molecule has 126 valence electrons. The molecule has 0 amide bonds. The van der Waals surface area contributed by atoms with Crippen LogP contribution in [0.5, 0.6) is 0 Å². The molecular weight excluding hydrogens is 329 g/mol. The second-order valence-corrected chi connectivity index (χ2v) is 6.69. The van der Waals surface area contributed by atoms with Crippen molar-refractivity contribution < 1.29 is 0 Å². The van der Waals surface area contributed by atoms with Crippen LogP contribution in [0, 0.1) is 5.92 Å². The molecule has 0 bridgehead atoms. The first-order valence-corrected chi connectivity index (χ1v) is 8.54. The van der Waals surface area contributed by atoms with Crippen molar-refractivity contribution in [2.45, 2.75) is 25.8 Å². The Bertz CT molecular complexity index is 625. The van der Waals surface area contributed by atoms with Gasteiger partial charge >= 0.3 is 0 Å². The molecule has 0 atom stereocenters. The number of pyridine rings is 1. The van der Waals surface area contributed by atoms with Crippen LogP contribution in [0.1, 0.15) is 24.8 Å². The summed E-state index contributed by atoms with van der Waals surface area (Å²) < 4.78 is 0. The zero-order valence-corrected chi connectivity index (χ0v) is 15.2. The molecule has 1 aromatic carbocycles. The highest BCUT2D eigenvalue weighted by Gasteiger charge is 2.19. The van der Waals surface area contributed by atoms with E-state index < -0.39 is 0 Å². The fraction of sp³-hybridized carbons (Fsp3) is 0.500. The number of halogens is 2. The highest BCUT2D eigenvalue weighted by molar-refractivity contribution is 6.31. The van der Waals surface area contributed by atoms with Gasteiger partial charge in [-0.25, -0.2) is 0 Å². The molecule has 1 fully saturated rings. The molecule has 0 spiro atoms.